The van der Waals surface area contributed by atoms with Crippen molar-refractivity contribution < 1.29 is 13.9 Å². The van der Waals surface area contributed by atoms with Crippen molar-refractivity contribution in [3.63, 3.8) is 0 Å². The number of para-hydroxylation sites is 1. The number of aromatic nitrogens is 2. The first-order valence-corrected chi connectivity index (χ1v) is 10.1. The standard InChI is InChI=1S/C23H20N4O3S/c1-15-5-2-3-6-18(15)29-14-20(28)26-23(31)25-13-16-8-10-17(11-9-16)22-27-21-19(30-22)7-4-12-24-21/h2-12H,13-14H2,1H3,(H2,25,26,28,31). The summed E-state index contributed by atoms with van der Waals surface area (Å²) < 4.78 is 11.2. The molecule has 2 N–H and O–H groups in total. The van der Waals surface area contributed by atoms with E-state index in [2.05, 4.69) is 20.6 Å². The lowest BCUT2D eigenvalue weighted by Gasteiger charge is -2.11. The largest absolute Gasteiger partial charge is 0.483 e. The number of nitrogens with one attached hydrogen (secondary N) is 2. The van der Waals surface area contributed by atoms with E-state index in [1.807, 2.05) is 67.6 Å². The molecule has 2 heterocycles. The van der Waals surface area contributed by atoms with E-state index < -0.39 is 0 Å². The van der Waals surface area contributed by atoms with Crippen molar-refractivity contribution in [2.24, 2.45) is 0 Å². The molecule has 0 unspecified atom stereocenters. The van der Waals surface area contributed by atoms with Crippen LogP contribution in [0.3, 0.4) is 0 Å². The Balaban J connectivity index is 1.26. The molecule has 0 saturated heterocycles. The number of benzene rings is 2. The average Bonchev–Trinajstić information content (AvgIpc) is 3.22. The van der Waals surface area contributed by atoms with Gasteiger partial charge in [0.15, 0.2) is 22.9 Å². The number of amides is 1. The first-order valence-electron chi connectivity index (χ1n) is 9.65. The number of pyridine rings is 1. The fourth-order valence-electron chi connectivity index (χ4n) is 2.91. The number of aryl methyl sites for hydroxylation is 1. The molecule has 7 nitrogen and oxygen atoms in total. The summed E-state index contributed by atoms with van der Waals surface area (Å²) in [5.74, 6) is 0.872. The van der Waals surface area contributed by atoms with Crippen LogP contribution in [0.25, 0.3) is 22.7 Å². The van der Waals surface area contributed by atoms with Gasteiger partial charge in [0.05, 0.1) is 0 Å². The van der Waals surface area contributed by atoms with E-state index in [4.69, 9.17) is 21.4 Å². The van der Waals surface area contributed by atoms with Gasteiger partial charge in [-0.1, -0.05) is 30.3 Å². The highest BCUT2D eigenvalue weighted by Crippen LogP contribution is 2.23. The molecule has 1 amide bonds. The Kier molecular flexibility index (Phi) is 6.18. The number of rotatable bonds is 6. The van der Waals surface area contributed by atoms with Crippen molar-refractivity contribution in [3.8, 4) is 17.2 Å². The zero-order valence-electron chi connectivity index (χ0n) is 16.8. The molecule has 2 aromatic carbocycles. The maximum atomic E-state index is 12.0. The van der Waals surface area contributed by atoms with E-state index >= 15 is 0 Å². The van der Waals surface area contributed by atoms with Crippen LogP contribution in [0, 0.1) is 6.92 Å². The van der Waals surface area contributed by atoms with E-state index in [0.717, 1.165) is 16.7 Å². The molecule has 31 heavy (non-hydrogen) atoms. The van der Waals surface area contributed by atoms with Gasteiger partial charge in [0.25, 0.3) is 5.91 Å². The fourth-order valence-corrected chi connectivity index (χ4v) is 3.09. The predicted octanol–water partition coefficient (Wildman–Crippen LogP) is 3.77. The number of hydrogen-bond donors (Lipinski definition) is 2. The topological polar surface area (TPSA) is 89.3 Å². The van der Waals surface area contributed by atoms with Gasteiger partial charge >= 0.3 is 0 Å². The third kappa shape index (κ3) is 5.23. The summed E-state index contributed by atoms with van der Waals surface area (Å²) in [6.07, 6.45) is 1.68. The lowest BCUT2D eigenvalue weighted by molar-refractivity contribution is -0.121. The van der Waals surface area contributed by atoms with Gasteiger partial charge < -0.3 is 19.8 Å². The molecule has 0 bridgehead atoms. The number of nitrogens with zero attached hydrogens (tertiary/aromatic N) is 2. The number of fused-ring (bicyclic) bond motifs is 1. The molecule has 4 aromatic rings. The highest BCUT2D eigenvalue weighted by atomic mass is 32.1. The smallest absolute Gasteiger partial charge is 0.264 e. The van der Waals surface area contributed by atoms with E-state index in [1.54, 1.807) is 6.20 Å². The van der Waals surface area contributed by atoms with Crippen molar-refractivity contribution in [3.05, 3.63) is 78.0 Å². The van der Waals surface area contributed by atoms with Crippen LogP contribution in [0.15, 0.2) is 71.3 Å². The number of hydrogen-bond acceptors (Lipinski definition) is 6. The van der Waals surface area contributed by atoms with Crippen molar-refractivity contribution >= 4 is 34.5 Å². The third-order valence-electron chi connectivity index (χ3n) is 4.52. The van der Waals surface area contributed by atoms with Gasteiger partial charge in [0.1, 0.15) is 5.75 Å². The number of carbonyl (C=O) groups excluding carboxylic acids is 1. The van der Waals surface area contributed by atoms with Crippen molar-refractivity contribution in [2.75, 3.05) is 6.61 Å². The average molecular weight is 433 g/mol. The van der Waals surface area contributed by atoms with Crippen LogP contribution in [0.2, 0.25) is 0 Å². The van der Waals surface area contributed by atoms with Gasteiger partial charge in [-0.3, -0.25) is 4.79 Å². The normalized spacial score (nSPS) is 10.6. The number of oxazole rings is 1. The lowest BCUT2D eigenvalue weighted by atomic mass is 10.1. The second-order valence-electron chi connectivity index (χ2n) is 6.83. The van der Waals surface area contributed by atoms with Crippen molar-refractivity contribution in [1.82, 2.24) is 20.6 Å². The van der Waals surface area contributed by atoms with Crippen molar-refractivity contribution in [2.45, 2.75) is 13.5 Å². The summed E-state index contributed by atoms with van der Waals surface area (Å²) in [5, 5.41) is 5.87. The second kappa shape index (κ2) is 9.36. The highest BCUT2D eigenvalue weighted by molar-refractivity contribution is 7.80. The zero-order chi connectivity index (χ0) is 21.6. The molecular formula is C23H20N4O3S. The number of carbonyl (C=O) groups is 1. The predicted molar refractivity (Wildman–Crippen MR) is 121 cm³/mol. The molecule has 0 radical (unpaired) electrons. The van der Waals surface area contributed by atoms with E-state index in [-0.39, 0.29) is 17.6 Å². The summed E-state index contributed by atoms with van der Waals surface area (Å²) in [6.45, 7) is 2.28. The summed E-state index contributed by atoms with van der Waals surface area (Å²) in [4.78, 5) is 20.6. The van der Waals surface area contributed by atoms with Crippen molar-refractivity contribution in [1.29, 1.82) is 0 Å². The maximum Gasteiger partial charge on any atom is 0.264 e. The third-order valence-corrected chi connectivity index (χ3v) is 4.77. The number of ether oxygens (including phenoxy) is 1. The molecule has 0 aliphatic rings. The van der Waals surface area contributed by atoms with Crippen LogP contribution in [0.1, 0.15) is 11.1 Å². The van der Waals surface area contributed by atoms with Crippen LogP contribution in [-0.4, -0.2) is 27.6 Å². The summed E-state index contributed by atoms with van der Waals surface area (Å²) in [6, 6.07) is 18.9. The SMILES string of the molecule is Cc1ccccc1OCC(=O)NC(=S)NCc1ccc(-c2nc3ncccc3o2)cc1. The van der Waals surface area contributed by atoms with Gasteiger partial charge in [0.2, 0.25) is 5.89 Å². The highest BCUT2D eigenvalue weighted by Gasteiger charge is 2.09. The van der Waals surface area contributed by atoms with Crippen LogP contribution >= 0.6 is 12.2 Å². The van der Waals surface area contributed by atoms with E-state index in [9.17, 15) is 4.79 Å². The molecule has 8 heteroatoms. The lowest BCUT2D eigenvalue weighted by Crippen LogP contribution is -2.41. The molecule has 2 aromatic heterocycles. The molecule has 0 aliphatic carbocycles. The Bertz CT molecular complexity index is 1190. The molecule has 0 fully saturated rings. The molecule has 0 spiro atoms. The minimum atomic E-state index is -0.319. The fraction of sp³-hybridized carbons (Fsp3) is 0.130. The monoisotopic (exact) mass is 432 g/mol. The van der Waals surface area contributed by atoms with Crippen LogP contribution in [0.5, 0.6) is 5.75 Å². The first kappa shape index (κ1) is 20.5. The van der Waals surface area contributed by atoms with E-state index in [1.165, 1.54) is 0 Å². The van der Waals surface area contributed by atoms with Crippen LogP contribution < -0.4 is 15.4 Å². The molecular weight excluding hydrogens is 412 g/mol. The quantitative estimate of drug-likeness (QED) is 0.448. The second-order valence-corrected chi connectivity index (χ2v) is 7.23. The van der Waals surface area contributed by atoms with Crippen LogP contribution in [-0.2, 0) is 11.3 Å². The zero-order valence-corrected chi connectivity index (χ0v) is 17.6. The van der Waals surface area contributed by atoms with Gasteiger partial charge in [-0.25, -0.2) is 4.98 Å². The summed E-state index contributed by atoms with van der Waals surface area (Å²) in [7, 11) is 0. The van der Waals surface area contributed by atoms with Crippen LogP contribution in [0.4, 0.5) is 0 Å². The Hall–Kier alpha value is -3.78. The van der Waals surface area contributed by atoms with Gasteiger partial charge in [-0.2, -0.15) is 4.98 Å². The summed E-state index contributed by atoms with van der Waals surface area (Å²) >= 11 is 5.19. The maximum absolute atomic E-state index is 12.0. The van der Waals surface area contributed by atoms with Gasteiger partial charge in [-0.15, -0.1) is 0 Å². The Morgan fingerprint density at radius 2 is 1.90 bits per heavy atom. The van der Waals surface area contributed by atoms with E-state index in [0.29, 0.717) is 29.4 Å². The molecule has 0 aliphatic heterocycles. The van der Waals surface area contributed by atoms with Gasteiger partial charge in [0, 0.05) is 18.3 Å². The Labute approximate surface area is 184 Å². The minimum absolute atomic E-state index is 0.110. The number of thiocarbonyl (C=S) groups is 1. The Morgan fingerprint density at radius 1 is 1.10 bits per heavy atom. The molecule has 156 valence electrons. The molecule has 4 rings (SSSR count). The molecule has 0 saturated carbocycles. The Morgan fingerprint density at radius 3 is 2.68 bits per heavy atom. The summed E-state index contributed by atoms with van der Waals surface area (Å²) in [5.41, 5.74) is 4.04. The first-order chi connectivity index (χ1) is 15.1. The minimum Gasteiger partial charge on any atom is -0.483 e. The van der Waals surface area contributed by atoms with Gasteiger partial charge in [-0.05, 0) is 60.6 Å². The molecule has 0 atom stereocenters.